The second kappa shape index (κ2) is 6.49. The van der Waals surface area contributed by atoms with Crippen molar-refractivity contribution in [1.29, 1.82) is 0 Å². The average Bonchev–Trinajstić information content (AvgIpc) is 2.86. The van der Waals surface area contributed by atoms with Crippen LogP contribution in [0, 0.1) is 6.92 Å². The van der Waals surface area contributed by atoms with Gasteiger partial charge >= 0.3 is 0 Å². The summed E-state index contributed by atoms with van der Waals surface area (Å²) in [4.78, 5) is 24.4. The first-order valence-electron chi connectivity index (χ1n) is 7.30. The number of nitrogens with zero attached hydrogens (tertiary/aromatic N) is 1. The SMILES string of the molecule is Cc1c(C(N)=O)c2ccccc2n1C(=O)COc1ccc(Br)cc1. The van der Waals surface area contributed by atoms with E-state index in [2.05, 4.69) is 15.9 Å². The Balaban J connectivity index is 1.94. The number of amides is 1. The molecule has 24 heavy (non-hydrogen) atoms. The Labute approximate surface area is 147 Å². The third-order valence-electron chi connectivity index (χ3n) is 3.78. The predicted octanol–water partition coefficient (Wildman–Crippen LogP) is 3.53. The van der Waals surface area contributed by atoms with Crippen LogP contribution in [0.3, 0.4) is 0 Å². The first kappa shape index (κ1) is 16.3. The van der Waals surface area contributed by atoms with Crippen LogP contribution in [0.4, 0.5) is 0 Å². The number of primary amides is 1. The van der Waals surface area contributed by atoms with Gasteiger partial charge in [0.25, 0.3) is 11.8 Å². The van der Waals surface area contributed by atoms with E-state index in [1.807, 2.05) is 18.2 Å². The predicted molar refractivity (Wildman–Crippen MR) is 95.5 cm³/mol. The van der Waals surface area contributed by atoms with Gasteiger partial charge in [0.1, 0.15) is 5.75 Å². The van der Waals surface area contributed by atoms with Crippen molar-refractivity contribution in [3.8, 4) is 5.75 Å². The van der Waals surface area contributed by atoms with Gasteiger partial charge in [-0.15, -0.1) is 0 Å². The number of rotatable bonds is 4. The fourth-order valence-corrected chi connectivity index (χ4v) is 3.00. The number of carbonyl (C=O) groups excluding carboxylic acids is 2. The molecular formula is C18H15BrN2O3. The molecule has 0 bridgehead atoms. The highest BCUT2D eigenvalue weighted by molar-refractivity contribution is 9.10. The van der Waals surface area contributed by atoms with Crippen molar-refractivity contribution < 1.29 is 14.3 Å². The van der Waals surface area contributed by atoms with Gasteiger partial charge in [-0.05, 0) is 37.3 Å². The molecule has 0 fully saturated rings. The number of fused-ring (bicyclic) bond motifs is 1. The summed E-state index contributed by atoms with van der Waals surface area (Å²) in [5.41, 5.74) is 7.01. The molecule has 3 aromatic rings. The van der Waals surface area contributed by atoms with Crippen molar-refractivity contribution in [3.63, 3.8) is 0 Å². The third-order valence-corrected chi connectivity index (χ3v) is 4.31. The van der Waals surface area contributed by atoms with E-state index in [1.54, 1.807) is 37.3 Å². The summed E-state index contributed by atoms with van der Waals surface area (Å²) in [5.74, 6) is -0.223. The quantitative estimate of drug-likeness (QED) is 0.744. The summed E-state index contributed by atoms with van der Waals surface area (Å²) >= 11 is 3.34. The first-order chi connectivity index (χ1) is 11.5. The number of ether oxygens (including phenoxy) is 1. The molecule has 1 aromatic heterocycles. The van der Waals surface area contributed by atoms with Crippen LogP contribution < -0.4 is 10.5 Å². The molecule has 0 radical (unpaired) electrons. The summed E-state index contributed by atoms with van der Waals surface area (Å²) in [7, 11) is 0. The maximum Gasteiger partial charge on any atom is 0.269 e. The Morgan fingerprint density at radius 3 is 2.46 bits per heavy atom. The Hall–Kier alpha value is -2.60. The van der Waals surface area contributed by atoms with Crippen molar-refractivity contribution >= 4 is 38.6 Å². The Kier molecular flexibility index (Phi) is 4.40. The van der Waals surface area contributed by atoms with Gasteiger partial charge in [0.2, 0.25) is 0 Å². The molecule has 0 aliphatic heterocycles. The number of halogens is 1. The highest BCUT2D eigenvalue weighted by atomic mass is 79.9. The second-order valence-electron chi connectivity index (χ2n) is 5.31. The number of nitrogens with two attached hydrogens (primary N) is 1. The van der Waals surface area contributed by atoms with E-state index in [0.717, 1.165) is 4.47 Å². The van der Waals surface area contributed by atoms with Gasteiger partial charge in [-0.2, -0.15) is 0 Å². The van der Waals surface area contributed by atoms with Crippen molar-refractivity contribution in [3.05, 3.63) is 64.3 Å². The maximum absolute atomic E-state index is 12.6. The summed E-state index contributed by atoms with van der Waals surface area (Å²) in [6.07, 6.45) is 0. The molecule has 0 saturated carbocycles. The number of aromatic nitrogens is 1. The van der Waals surface area contributed by atoms with Crippen molar-refractivity contribution in [2.75, 3.05) is 6.61 Å². The van der Waals surface area contributed by atoms with Gasteiger partial charge in [-0.25, -0.2) is 0 Å². The van der Waals surface area contributed by atoms with Crippen LogP contribution in [0.5, 0.6) is 5.75 Å². The van der Waals surface area contributed by atoms with Crippen LogP contribution in [-0.4, -0.2) is 23.0 Å². The Bertz CT molecular complexity index is 929. The van der Waals surface area contributed by atoms with E-state index in [9.17, 15) is 9.59 Å². The lowest BCUT2D eigenvalue weighted by Crippen LogP contribution is -2.21. The van der Waals surface area contributed by atoms with Crippen LogP contribution >= 0.6 is 15.9 Å². The minimum absolute atomic E-state index is 0.140. The lowest BCUT2D eigenvalue weighted by Gasteiger charge is -2.09. The molecule has 5 nitrogen and oxygen atoms in total. The smallest absolute Gasteiger partial charge is 0.269 e. The molecule has 122 valence electrons. The lowest BCUT2D eigenvalue weighted by molar-refractivity contribution is 0.0841. The number of benzene rings is 2. The molecule has 2 N–H and O–H groups in total. The van der Waals surface area contributed by atoms with E-state index >= 15 is 0 Å². The normalized spacial score (nSPS) is 10.8. The van der Waals surface area contributed by atoms with Crippen molar-refractivity contribution in [1.82, 2.24) is 4.57 Å². The second-order valence-corrected chi connectivity index (χ2v) is 6.23. The molecule has 3 rings (SSSR count). The maximum atomic E-state index is 12.6. The topological polar surface area (TPSA) is 74.3 Å². The summed E-state index contributed by atoms with van der Waals surface area (Å²) in [6, 6.07) is 14.4. The Morgan fingerprint density at radius 1 is 1.12 bits per heavy atom. The van der Waals surface area contributed by atoms with Crippen LogP contribution in [0.25, 0.3) is 10.9 Å². The zero-order valence-electron chi connectivity index (χ0n) is 13.0. The van der Waals surface area contributed by atoms with Crippen LogP contribution in [0.15, 0.2) is 53.0 Å². The molecule has 0 unspecified atom stereocenters. The standard InChI is InChI=1S/C18H15BrN2O3/c1-11-17(18(20)23)14-4-2-3-5-15(14)21(11)16(22)10-24-13-8-6-12(19)7-9-13/h2-9H,10H2,1H3,(H2,20,23). The van der Waals surface area contributed by atoms with Crippen molar-refractivity contribution in [2.45, 2.75) is 6.92 Å². The van der Waals surface area contributed by atoms with Gasteiger partial charge in [-0.1, -0.05) is 34.1 Å². The van der Waals surface area contributed by atoms with E-state index < -0.39 is 5.91 Å². The lowest BCUT2D eigenvalue weighted by atomic mass is 10.1. The molecule has 1 amide bonds. The van der Waals surface area contributed by atoms with E-state index in [4.69, 9.17) is 10.5 Å². The van der Waals surface area contributed by atoms with E-state index in [-0.39, 0.29) is 12.5 Å². The van der Waals surface area contributed by atoms with Gasteiger partial charge in [0, 0.05) is 15.6 Å². The number of carbonyl (C=O) groups is 2. The Morgan fingerprint density at radius 2 is 1.79 bits per heavy atom. The van der Waals surface area contributed by atoms with Gasteiger partial charge in [0.05, 0.1) is 11.1 Å². The van der Waals surface area contributed by atoms with E-state index in [1.165, 1.54) is 4.57 Å². The monoisotopic (exact) mass is 386 g/mol. The highest BCUT2D eigenvalue weighted by Crippen LogP contribution is 2.25. The van der Waals surface area contributed by atoms with E-state index in [0.29, 0.717) is 27.9 Å². The largest absolute Gasteiger partial charge is 0.484 e. The summed E-state index contributed by atoms with van der Waals surface area (Å²) < 4.78 is 7.95. The zero-order chi connectivity index (χ0) is 17.3. The van der Waals surface area contributed by atoms with Gasteiger partial charge in [0.15, 0.2) is 6.61 Å². The summed E-state index contributed by atoms with van der Waals surface area (Å²) in [5, 5.41) is 0.666. The third kappa shape index (κ3) is 2.92. The highest BCUT2D eigenvalue weighted by Gasteiger charge is 2.21. The number of hydrogen-bond donors (Lipinski definition) is 1. The average molecular weight is 387 g/mol. The van der Waals surface area contributed by atoms with Gasteiger partial charge < -0.3 is 10.5 Å². The van der Waals surface area contributed by atoms with Crippen LogP contribution in [0.1, 0.15) is 20.8 Å². The number of hydrogen-bond acceptors (Lipinski definition) is 3. The number of para-hydroxylation sites is 1. The van der Waals surface area contributed by atoms with Crippen LogP contribution in [-0.2, 0) is 0 Å². The van der Waals surface area contributed by atoms with Gasteiger partial charge in [-0.3, -0.25) is 14.2 Å². The molecule has 6 heteroatoms. The minimum atomic E-state index is -0.552. The van der Waals surface area contributed by atoms with Crippen molar-refractivity contribution in [2.24, 2.45) is 5.73 Å². The molecule has 2 aromatic carbocycles. The molecular weight excluding hydrogens is 372 g/mol. The molecule has 0 saturated heterocycles. The molecule has 0 aliphatic carbocycles. The zero-order valence-corrected chi connectivity index (χ0v) is 14.5. The summed E-state index contributed by atoms with van der Waals surface area (Å²) in [6.45, 7) is 1.57. The first-order valence-corrected chi connectivity index (χ1v) is 8.09. The minimum Gasteiger partial charge on any atom is -0.484 e. The molecule has 0 atom stereocenters. The molecule has 1 heterocycles. The van der Waals surface area contributed by atoms with Crippen LogP contribution in [0.2, 0.25) is 0 Å². The fourth-order valence-electron chi connectivity index (χ4n) is 2.74. The molecule has 0 spiro atoms. The molecule has 0 aliphatic rings. The fraction of sp³-hybridized carbons (Fsp3) is 0.111.